The molecule has 0 aromatic heterocycles. The fraction of sp³-hybridized carbons (Fsp3) is 0.952. The molecular formula is C21H30F6N2O3. The van der Waals surface area contributed by atoms with Crippen molar-refractivity contribution in [2.24, 2.45) is 28.6 Å². The van der Waals surface area contributed by atoms with Crippen LogP contribution in [-0.2, 0) is 9.53 Å². The van der Waals surface area contributed by atoms with E-state index in [1.807, 2.05) is 0 Å². The van der Waals surface area contributed by atoms with E-state index in [4.69, 9.17) is 4.74 Å². The summed E-state index contributed by atoms with van der Waals surface area (Å²) >= 11 is 0. The lowest BCUT2D eigenvalue weighted by Gasteiger charge is -2.51. The summed E-state index contributed by atoms with van der Waals surface area (Å²) in [6.07, 6.45) is -13.0. The van der Waals surface area contributed by atoms with Gasteiger partial charge in [0.15, 0.2) is 6.10 Å². The molecule has 6 atom stereocenters. The Morgan fingerprint density at radius 3 is 2.19 bits per heavy atom. The molecule has 4 fully saturated rings. The summed E-state index contributed by atoms with van der Waals surface area (Å²) < 4.78 is 88.7. The van der Waals surface area contributed by atoms with Gasteiger partial charge >= 0.3 is 18.3 Å². The molecule has 0 amide bonds. The average molecular weight is 472 g/mol. The van der Waals surface area contributed by atoms with Crippen LogP contribution >= 0.6 is 0 Å². The van der Waals surface area contributed by atoms with Crippen molar-refractivity contribution in [1.82, 2.24) is 10.6 Å². The molecule has 3 N–H and O–H groups in total. The first-order chi connectivity index (χ1) is 14.5. The maximum Gasteiger partial charge on any atom is 0.430 e. The van der Waals surface area contributed by atoms with Crippen LogP contribution in [0.3, 0.4) is 0 Å². The van der Waals surface area contributed by atoms with Crippen LogP contribution in [-0.4, -0.2) is 47.5 Å². The topological polar surface area (TPSA) is 70.6 Å². The van der Waals surface area contributed by atoms with E-state index >= 15 is 0 Å². The Kier molecular flexibility index (Phi) is 5.25. The number of halogens is 6. The molecule has 1 heterocycles. The molecule has 1 spiro atoms. The first-order valence-electron chi connectivity index (χ1n) is 11.0. The van der Waals surface area contributed by atoms with Crippen LogP contribution < -0.4 is 10.6 Å². The summed E-state index contributed by atoms with van der Waals surface area (Å²) in [6, 6.07) is 0. The molecule has 32 heavy (non-hydrogen) atoms. The van der Waals surface area contributed by atoms with E-state index in [1.54, 1.807) is 13.8 Å². The van der Waals surface area contributed by atoms with Gasteiger partial charge in [-0.3, -0.25) is 15.4 Å². The number of hydrogen-bond acceptors (Lipinski definition) is 5. The van der Waals surface area contributed by atoms with Crippen LogP contribution in [0.1, 0.15) is 59.3 Å². The maximum absolute atomic E-state index is 13.9. The second-order valence-electron chi connectivity index (χ2n) is 11.1. The molecule has 5 nitrogen and oxygen atoms in total. The van der Waals surface area contributed by atoms with Crippen molar-refractivity contribution in [3.8, 4) is 0 Å². The molecule has 184 valence electrons. The summed E-state index contributed by atoms with van der Waals surface area (Å²) in [5, 5.41) is 16.4. The van der Waals surface area contributed by atoms with E-state index in [0.717, 1.165) is 12.8 Å². The number of rotatable bonds is 6. The average Bonchev–Trinajstić information content (AvgIpc) is 3.16. The maximum atomic E-state index is 13.9. The van der Waals surface area contributed by atoms with Gasteiger partial charge in [0.25, 0.3) is 5.60 Å². The Hall–Kier alpha value is -1.07. The first-order valence-corrected chi connectivity index (χ1v) is 11.0. The van der Waals surface area contributed by atoms with Crippen molar-refractivity contribution in [1.29, 1.82) is 0 Å². The summed E-state index contributed by atoms with van der Waals surface area (Å²) in [4.78, 5) is 12.8. The first kappa shape index (κ1) is 24.1. The Bertz CT molecular complexity index is 764. The summed E-state index contributed by atoms with van der Waals surface area (Å²) in [5.41, 5.74) is -7.65. The van der Waals surface area contributed by atoms with Gasteiger partial charge in [-0.05, 0) is 62.7 Å². The predicted molar refractivity (Wildman–Crippen MR) is 101 cm³/mol. The second kappa shape index (κ2) is 6.97. The van der Waals surface area contributed by atoms with Crippen LogP contribution in [0.2, 0.25) is 0 Å². The SMILES string of the molecule is CC1CC23CC2CC(C(OC(=O)C(C)CC2(C)NCN2)C(O)(C(F)(F)F)C(F)(F)F)(C1)C3. The normalized spacial score (nSPS) is 37.8. The second-order valence-corrected chi connectivity index (χ2v) is 11.1. The van der Waals surface area contributed by atoms with Crippen LogP contribution in [0.15, 0.2) is 0 Å². The number of nitrogens with one attached hydrogen (secondary N) is 2. The van der Waals surface area contributed by atoms with Crippen LogP contribution in [0, 0.1) is 28.6 Å². The molecule has 4 rings (SSSR count). The van der Waals surface area contributed by atoms with Gasteiger partial charge in [-0.25, -0.2) is 0 Å². The van der Waals surface area contributed by atoms with Gasteiger partial charge in [-0.1, -0.05) is 13.8 Å². The molecule has 1 saturated heterocycles. The zero-order chi connectivity index (χ0) is 24.0. The fourth-order valence-electron chi connectivity index (χ4n) is 7.02. The van der Waals surface area contributed by atoms with Gasteiger partial charge in [0, 0.05) is 12.1 Å². The van der Waals surface area contributed by atoms with Gasteiger partial charge in [-0.2, -0.15) is 26.3 Å². The highest BCUT2D eigenvalue weighted by Crippen LogP contribution is 2.78. The smallest absolute Gasteiger partial charge is 0.430 e. The van der Waals surface area contributed by atoms with Crippen molar-refractivity contribution in [2.45, 2.75) is 89.0 Å². The quantitative estimate of drug-likeness (QED) is 0.405. The van der Waals surface area contributed by atoms with Crippen molar-refractivity contribution >= 4 is 5.97 Å². The summed E-state index contributed by atoms with van der Waals surface area (Å²) in [7, 11) is 0. The minimum Gasteiger partial charge on any atom is -0.458 e. The van der Waals surface area contributed by atoms with Crippen molar-refractivity contribution in [2.75, 3.05) is 6.67 Å². The van der Waals surface area contributed by atoms with Crippen LogP contribution in [0.5, 0.6) is 0 Å². The van der Waals surface area contributed by atoms with Gasteiger partial charge < -0.3 is 9.84 Å². The highest BCUT2D eigenvalue weighted by Gasteiger charge is 2.82. The van der Waals surface area contributed by atoms with E-state index in [9.17, 15) is 36.2 Å². The molecule has 0 radical (unpaired) electrons. The summed E-state index contributed by atoms with van der Waals surface area (Å²) in [6.45, 7) is 5.41. The zero-order valence-corrected chi connectivity index (χ0v) is 18.3. The molecule has 1 aliphatic heterocycles. The Labute approximate surface area is 182 Å². The number of ether oxygens (including phenoxy) is 1. The molecule has 11 heteroatoms. The Balaban J connectivity index is 1.70. The highest BCUT2D eigenvalue weighted by molar-refractivity contribution is 5.72. The van der Waals surface area contributed by atoms with Gasteiger partial charge in [0.05, 0.1) is 11.6 Å². The lowest BCUT2D eigenvalue weighted by Crippen LogP contribution is -2.70. The third-order valence-electron chi connectivity index (χ3n) is 8.33. The highest BCUT2D eigenvalue weighted by atomic mass is 19.4. The van der Waals surface area contributed by atoms with Gasteiger partial charge in [0.1, 0.15) is 0 Å². The third-order valence-corrected chi connectivity index (χ3v) is 8.33. The van der Waals surface area contributed by atoms with Gasteiger partial charge in [-0.15, -0.1) is 0 Å². The lowest BCUT2D eigenvalue weighted by molar-refractivity contribution is -0.403. The fourth-order valence-corrected chi connectivity index (χ4v) is 7.02. The molecule has 0 aromatic carbocycles. The molecule has 3 aliphatic carbocycles. The van der Waals surface area contributed by atoms with Crippen molar-refractivity contribution in [3.63, 3.8) is 0 Å². The van der Waals surface area contributed by atoms with Crippen LogP contribution in [0.25, 0.3) is 0 Å². The number of carbonyl (C=O) groups is 1. The number of fused-ring (bicyclic) bond motifs is 1. The number of hydrogen-bond donors (Lipinski definition) is 3. The molecule has 3 saturated carbocycles. The minimum absolute atomic E-state index is 0.0130. The largest absolute Gasteiger partial charge is 0.458 e. The van der Waals surface area contributed by atoms with E-state index in [1.165, 1.54) is 6.92 Å². The predicted octanol–water partition coefficient (Wildman–Crippen LogP) is 3.86. The van der Waals surface area contributed by atoms with E-state index < -0.39 is 47.0 Å². The number of carbonyl (C=O) groups excluding carboxylic acids is 1. The number of aliphatic hydroxyl groups is 1. The van der Waals surface area contributed by atoms with E-state index in [0.29, 0.717) is 6.67 Å². The minimum atomic E-state index is -6.06. The molecule has 4 aliphatic rings. The van der Waals surface area contributed by atoms with E-state index in [-0.39, 0.29) is 42.9 Å². The Morgan fingerprint density at radius 2 is 1.69 bits per heavy atom. The van der Waals surface area contributed by atoms with Crippen LogP contribution in [0.4, 0.5) is 26.3 Å². The monoisotopic (exact) mass is 472 g/mol. The zero-order valence-electron chi connectivity index (χ0n) is 18.3. The lowest BCUT2D eigenvalue weighted by atomic mass is 9.61. The van der Waals surface area contributed by atoms with Crippen molar-refractivity contribution < 1.29 is 41.0 Å². The number of alkyl halides is 6. The molecule has 0 aromatic rings. The molecule has 6 unspecified atom stereocenters. The molecule has 2 bridgehead atoms. The Morgan fingerprint density at radius 1 is 1.09 bits per heavy atom. The van der Waals surface area contributed by atoms with Gasteiger partial charge in [0.2, 0.25) is 0 Å². The molecular weight excluding hydrogens is 442 g/mol. The van der Waals surface area contributed by atoms with Crippen molar-refractivity contribution in [3.05, 3.63) is 0 Å². The summed E-state index contributed by atoms with van der Waals surface area (Å²) in [5.74, 6) is -2.25. The number of esters is 1. The standard InChI is InChI=1S/C21H30F6N2O3/c1-11-4-17-7-13(17)8-18(5-11,9-17)15(19(31,20(22,23)24)21(25,26)27)32-14(30)12(2)6-16(3)28-10-29-16/h11-13,15,28-29,31H,4-10H2,1-3H3. The van der Waals surface area contributed by atoms with E-state index in [2.05, 4.69) is 10.6 Å². The third kappa shape index (κ3) is 3.53.